The van der Waals surface area contributed by atoms with Crippen molar-refractivity contribution in [3.8, 4) is 5.75 Å². The Hall–Kier alpha value is -2.31. The fourth-order valence-corrected chi connectivity index (χ4v) is 2.83. The summed E-state index contributed by atoms with van der Waals surface area (Å²) in [5.41, 5.74) is -0.796. The van der Waals surface area contributed by atoms with E-state index in [-0.39, 0.29) is 17.5 Å². The second-order valence-corrected chi connectivity index (χ2v) is 5.43. The Balaban J connectivity index is 2.36. The van der Waals surface area contributed by atoms with E-state index in [1.54, 1.807) is 19.1 Å². The number of carbonyl (C=O) groups is 1. The Morgan fingerprint density at radius 1 is 1.57 bits per heavy atom. The summed E-state index contributed by atoms with van der Waals surface area (Å²) >= 11 is 0. The molecular formula is C14H18N2O5. The number of benzene rings is 1. The Morgan fingerprint density at radius 2 is 2.29 bits per heavy atom. The van der Waals surface area contributed by atoms with Crippen LogP contribution in [0.25, 0.3) is 0 Å². The average Bonchev–Trinajstić information content (AvgIpc) is 2.81. The highest BCUT2D eigenvalue weighted by Crippen LogP contribution is 2.42. The molecule has 7 nitrogen and oxygen atoms in total. The van der Waals surface area contributed by atoms with E-state index in [9.17, 15) is 20.0 Å². The maximum Gasteiger partial charge on any atom is 0.333 e. The molecule has 1 aliphatic carbocycles. The summed E-state index contributed by atoms with van der Waals surface area (Å²) in [5, 5.41) is 23.7. The molecule has 0 heterocycles. The Morgan fingerprint density at radius 3 is 2.86 bits per heavy atom. The second-order valence-electron chi connectivity index (χ2n) is 5.43. The van der Waals surface area contributed by atoms with Gasteiger partial charge in [0.1, 0.15) is 5.69 Å². The van der Waals surface area contributed by atoms with Gasteiger partial charge in [0.05, 0.1) is 17.4 Å². The summed E-state index contributed by atoms with van der Waals surface area (Å²) in [7, 11) is 1.36. The molecule has 2 atom stereocenters. The molecule has 1 aromatic rings. The first kappa shape index (κ1) is 15.1. The van der Waals surface area contributed by atoms with Gasteiger partial charge in [0, 0.05) is 6.04 Å². The summed E-state index contributed by atoms with van der Waals surface area (Å²) < 4.78 is 5.01. The molecule has 2 unspecified atom stereocenters. The number of methoxy groups -OCH3 is 1. The predicted octanol–water partition coefficient (Wildman–Crippen LogP) is 2.66. The Labute approximate surface area is 122 Å². The fraction of sp³-hybridized carbons (Fsp3) is 0.500. The zero-order valence-corrected chi connectivity index (χ0v) is 12.0. The normalized spacial score (nSPS) is 24.6. The molecule has 2 N–H and O–H groups in total. The van der Waals surface area contributed by atoms with Gasteiger partial charge >= 0.3 is 11.7 Å². The van der Waals surface area contributed by atoms with Crippen molar-refractivity contribution in [2.75, 3.05) is 12.4 Å². The van der Waals surface area contributed by atoms with Gasteiger partial charge in [-0.25, -0.2) is 0 Å². The standard InChI is InChI=1S/C14H18N2O5/c1-14(13(17)18)8-4-7-11(14)15-9-5-3-6-10(21-2)12(9)16(19)20/h3,5-6,11,15H,4,7-8H2,1-2H3,(H,17,18). The SMILES string of the molecule is COc1cccc(NC2CCCC2(C)C(=O)O)c1[N+](=O)[O-]. The van der Waals surface area contributed by atoms with E-state index in [0.717, 1.165) is 6.42 Å². The predicted molar refractivity (Wildman–Crippen MR) is 76.7 cm³/mol. The number of hydrogen-bond acceptors (Lipinski definition) is 5. The van der Waals surface area contributed by atoms with Crippen LogP contribution in [-0.2, 0) is 4.79 Å². The minimum absolute atomic E-state index is 0.153. The molecule has 0 amide bonds. The number of carboxylic acids is 1. The van der Waals surface area contributed by atoms with Gasteiger partial charge in [-0.1, -0.05) is 12.5 Å². The number of nitro groups is 1. The van der Waals surface area contributed by atoms with Crippen molar-refractivity contribution in [2.45, 2.75) is 32.2 Å². The zero-order valence-electron chi connectivity index (χ0n) is 12.0. The van der Waals surface area contributed by atoms with E-state index in [4.69, 9.17) is 4.74 Å². The molecule has 0 aliphatic heterocycles. The lowest BCUT2D eigenvalue weighted by molar-refractivity contribution is -0.384. The number of carboxylic acid groups (broad SMARTS) is 1. The Kier molecular flexibility index (Phi) is 4.02. The number of para-hydroxylation sites is 1. The first-order valence-electron chi connectivity index (χ1n) is 6.71. The third-order valence-electron chi connectivity index (χ3n) is 4.18. The van der Waals surface area contributed by atoms with Gasteiger partial charge < -0.3 is 15.2 Å². The van der Waals surface area contributed by atoms with E-state index in [2.05, 4.69) is 5.32 Å². The number of hydrogen-bond donors (Lipinski definition) is 2. The topological polar surface area (TPSA) is 102 Å². The number of nitrogens with zero attached hydrogens (tertiary/aromatic N) is 1. The van der Waals surface area contributed by atoms with Gasteiger partial charge in [-0.05, 0) is 31.9 Å². The minimum atomic E-state index is -0.920. The van der Waals surface area contributed by atoms with Crippen LogP contribution in [0.15, 0.2) is 18.2 Å². The van der Waals surface area contributed by atoms with Gasteiger partial charge in [-0.3, -0.25) is 14.9 Å². The lowest BCUT2D eigenvalue weighted by Gasteiger charge is -2.28. The van der Waals surface area contributed by atoms with Crippen molar-refractivity contribution in [3.05, 3.63) is 28.3 Å². The van der Waals surface area contributed by atoms with Gasteiger partial charge in [-0.15, -0.1) is 0 Å². The maximum atomic E-state index is 11.5. The Bertz CT molecular complexity index is 574. The zero-order chi connectivity index (χ0) is 15.6. The molecule has 1 fully saturated rings. The molecule has 21 heavy (non-hydrogen) atoms. The van der Waals surface area contributed by atoms with Crippen LogP contribution in [0.5, 0.6) is 5.75 Å². The van der Waals surface area contributed by atoms with Crippen molar-refractivity contribution in [1.29, 1.82) is 0 Å². The molecule has 0 radical (unpaired) electrons. The monoisotopic (exact) mass is 294 g/mol. The van der Waals surface area contributed by atoms with E-state index in [1.165, 1.54) is 13.2 Å². The summed E-state index contributed by atoms with van der Waals surface area (Å²) in [6.45, 7) is 1.67. The van der Waals surface area contributed by atoms with Crippen molar-refractivity contribution in [3.63, 3.8) is 0 Å². The highest BCUT2D eigenvalue weighted by molar-refractivity contribution is 5.77. The molecule has 0 saturated heterocycles. The first-order chi connectivity index (χ1) is 9.90. The van der Waals surface area contributed by atoms with Crippen molar-refractivity contribution >= 4 is 17.3 Å². The molecule has 0 spiro atoms. The molecule has 0 aromatic heterocycles. The number of nitrogens with one attached hydrogen (secondary N) is 1. The summed E-state index contributed by atoms with van der Waals surface area (Å²) in [6, 6.07) is 4.37. The molecule has 2 rings (SSSR count). The van der Waals surface area contributed by atoms with Gasteiger partial charge in [0.15, 0.2) is 5.75 Å². The molecule has 1 saturated carbocycles. The summed E-state index contributed by atoms with van der Waals surface area (Å²) in [5.74, 6) is -0.733. The number of anilines is 1. The quantitative estimate of drug-likeness (QED) is 0.639. The average molecular weight is 294 g/mol. The van der Waals surface area contributed by atoms with Crippen molar-refractivity contribution in [1.82, 2.24) is 0 Å². The van der Waals surface area contributed by atoms with Crippen LogP contribution in [0.4, 0.5) is 11.4 Å². The summed E-state index contributed by atoms with van der Waals surface area (Å²) in [4.78, 5) is 22.2. The van der Waals surface area contributed by atoms with Crippen molar-refractivity contribution in [2.24, 2.45) is 5.41 Å². The van der Waals surface area contributed by atoms with E-state index in [0.29, 0.717) is 18.5 Å². The summed E-state index contributed by atoms with van der Waals surface area (Å²) in [6.07, 6.45) is 1.99. The number of nitro benzene ring substituents is 1. The minimum Gasteiger partial charge on any atom is -0.490 e. The second kappa shape index (κ2) is 5.59. The van der Waals surface area contributed by atoms with Crippen LogP contribution >= 0.6 is 0 Å². The lowest BCUT2D eigenvalue weighted by Crippen LogP contribution is -2.40. The highest BCUT2D eigenvalue weighted by Gasteiger charge is 2.45. The molecule has 1 aromatic carbocycles. The lowest BCUT2D eigenvalue weighted by atomic mass is 9.85. The number of aliphatic carboxylic acids is 1. The fourth-order valence-electron chi connectivity index (χ4n) is 2.83. The van der Waals surface area contributed by atoms with E-state index < -0.39 is 16.3 Å². The molecule has 1 aliphatic rings. The van der Waals surface area contributed by atoms with Crippen LogP contribution < -0.4 is 10.1 Å². The van der Waals surface area contributed by atoms with Crippen molar-refractivity contribution < 1.29 is 19.6 Å². The maximum absolute atomic E-state index is 11.5. The third-order valence-corrected chi connectivity index (χ3v) is 4.18. The van der Waals surface area contributed by atoms with Crippen LogP contribution in [0.2, 0.25) is 0 Å². The van der Waals surface area contributed by atoms with Crippen LogP contribution in [0.3, 0.4) is 0 Å². The number of ether oxygens (including phenoxy) is 1. The van der Waals surface area contributed by atoms with Gasteiger partial charge in [0.25, 0.3) is 0 Å². The highest BCUT2D eigenvalue weighted by atomic mass is 16.6. The van der Waals surface area contributed by atoms with E-state index in [1.807, 2.05) is 0 Å². The largest absolute Gasteiger partial charge is 0.490 e. The molecule has 7 heteroatoms. The van der Waals surface area contributed by atoms with Gasteiger partial charge in [-0.2, -0.15) is 0 Å². The van der Waals surface area contributed by atoms with Crippen LogP contribution in [0.1, 0.15) is 26.2 Å². The third kappa shape index (κ3) is 2.63. The van der Waals surface area contributed by atoms with Gasteiger partial charge in [0.2, 0.25) is 0 Å². The molecular weight excluding hydrogens is 276 g/mol. The number of rotatable bonds is 5. The smallest absolute Gasteiger partial charge is 0.333 e. The van der Waals surface area contributed by atoms with E-state index >= 15 is 0 Å². The van der Waals surface area contributed by atoms with Crippen LogP contribution in [0, 0.1) is 15.5 Å². The molecule has 114 valence electrons. The first-order valence-corrected chi connectivity index (χ1v) is 6.71. The molecule has 0 bridgehead atoms. The van der Waals surface area contributed by atoms with Crippen LogP contribution in [-0.4, -0.2) is 29.2 Å².